The van der Waals surface area contributed by atoms with Crippen molar-refractivity contribution in [2.75, 3.05) is 4.31 Å². The highest BCUT2D eigenvalue weighted by atomic mass is 35.5. The zero-order valence-electron chi connectivity index (χ0n) is 16.9. The molecule has 2 saturated carbocycles. The first kappa shape index (κ1) is 22.4. The maximum atomic E-state index is 14.8. The van der Waals surface area contributed by atoms with Crippen LogP contribution in [0.5, 0.6) is 0 Å². The molecule has 2 fully saturated rings. The van der Waals surface area contributed by atoms with Crippen LogP contribution in [0.3, 0.4) is 0 Å². The summed E-state index contributed by atoms with van der Waals surface area (Å²) in [4.78, 5) is 13.0. The van der Waals surface area contributed by atoms with Gasteiger partial charge in [0.1, 0.15) is 11.9 Å². The monoisotopic (exact) mass is 484 g/mol. The van der Waals surface area contributed by atoms with Gasteiger partial charge in [-0.1, -0.05) is 29.6 Å². The van der Waals surface area contributed by atoms with E-state index in [9.17, 15) is 17.6 Å². The van der Waals surface area contributed by atoms with Gasteiger partial charge >= 0.3 is 0 Å². The van der Waals surface area contributed by atoms with E-state index in [-0.39, 0.29) is 21.6 Å². The second kappa shape index (κ2) is 8.60. The lowest BCUT2D eigenvalue weighted by Gasteiger charge is -2.32. The largest absolute Gasteiger partial charge is 0.351 e. The summed E-state index contributed by atoms with van der Waals surface area (Å²) in [7, 11) is -4.28. The number of amides is 1. The lowest BCUT2D eigenvalue weighted by Crippen LogP contribution is -2.51. The third kappa shape index (κ3) is 4.41. The Balaban J connectivity index is 1.70. The zero-order chi connectivity index (χ0) is 22.3. The molecule has 2 bridgehead atoms. The fourth-order valence-electron chi connectivity index (χ4n) is 4.75. The number of nitrogens with zero attached hydrogens (tertiary/aromatic N) is 1. The summed E-state index contributed by atoms with van der Waals surface area (Å²) in [6.45, 7) is 1.45. The third-order valence-electron chi connectivity index (χ3n) is 6.31. The fraction of sp³-hybridized carbons (Fsp3) is 0.409. The minimum absolute atomic E-state index is 0.0259. The molecule has 4 atom stereocenters. The van der Waals surface area contributed by atoms with Crippen molar-refractivity contribution in [3.05, 3.63) is 58.3 Å². The Morgan fingerprint density at radius 1 is 1.10 bits per heavy atom. The van der Waals surface area contributed by atoms with Crippen molar-refractivity contribution in [3.63, 3.8) is 0 Å². The minimum Gasteiger partial charge on any atom is -0.351 e. The number of carbonyl (C=O) groups excluding carboxylic acids is 1. The van der Waals surface area contributed by atoms with Crippen LogP contribution in [0.15, 0.2) is 47.4 Å². The summed E-state index contributed by atoms with van der Waals surface area (Å²) in [5.74, 6) is -0.216. The van der Waals surface area contributed by atoms with Gasteiger partial charge in [-0.05, 0) is 80.5 Å². The number of sulfonamides is 1. The summed E-state index contributed by atoms with van der Waals surface area (Å²) in [5, 5.41) is 3.53. The Morgan fingerprint density at radius 2 is 1.77 bits per heavy atom. The number of hydrogen-bond donors (Lipinski definition) is 1. The fourth-order valence-corrected chi connectivity index (χ4v) is 6.66. The SMILES string of the molecule is C[C@H](C(=O)N[C@@H]1CC2CCC1C2)N(c1cc(Cl)ccc1F)S(=O)(=O)c1ccc(Cl)cc1. The van der Waals surface area contributed by atoms with Gasteiger partial charge in [0.15, 0.2) is 0 Å². The van der Waals surface area contributed by atoms with E-state index in [0.717, 1.165) is 29.6 Å². The molecule has 0 radical (unpaired) electrons. The van der Waals surface area contributed by atoms with Crippen LogP contribution in [0.2, 0.25) is 10.0 Å². The van der Waals surface area contributed by atoms with E-state index in [1.54, 1.807) is 0 Å². The maximum absolute atomic E-state index is 14.8. The molecule has 2 aliphatic carbocycles. The average molecular weight is 485 g/mol. The predicted octanol–water partition coefficient (Wildman–Crippen LogP) is 5.02. The number of benzene rings is 2. The van der Waals surface area contributed by atoms with Crippen LogP contribution in [0.25, 0.3) is 0 Å². The number of hydrogen-bond acceptors (Lipinski definition) is 3. The van der Waals surface area contributed by atoms with Crippen LogP contribution in [-0.2, 0) is 14.8 Å². The van der Waals surface area contributed by atoms with Crippen molar-refractivity contribution in [2.24, 2.45) is 11.8 Å². The second-order valence-electron chi connectivity index (χ2n) is 8.32. The first-order valence-electron chi connectivity index (χ1n) is 10.2. The van der Waals surface area contributed by atoms with Crippen LogP contribution in [0.1, 0.15) is 32.6 Å². The molecule has 0 heterocycles. The highest BCUT2D eigenvalue weighted by Gasteiger charge is 2.42. The molecule has 2 unspecified atom stereocenters. The molecule has 0 aromatic heterocycles. The third-order valence-corrected chi connectivity index (χ3v) is 8.70. The van der Waals surface area contributed by atoms with Gasteiger partial charge in [-0.25, -0.2) is 12.8 Å². The molecular formula is C22H23Cl2FN2O3S. The molecule has 31 heavy (non-hydrogen) atoms. The van der Waals surface area contributed by atoms with E-state index in [1.807, 2.05) is 0 Å². The number of fused-ring (bicyclic) bond motifs is 2. The quantitative estimate of drug-likeness (QED) is 0.625. The highest BCUT2D eigenvalue weighted by Crippen LogP contribution is 2.44. The summed E-state index contributed by atoms with van der Waals surface area (Å²) in [5.41, 5.74) is -0.280. The van der Waals surface area contributed by atoms with Crippen molar-refractivity contribution >= 4 is 44.8 Å². The first-order chi connectivity index (χ1) is 14.7. The molecule has 166 valence electrons. The highest BCUT2D eigenvalue weighted by molar-refractivity contribution is 7.93. The van der Waals surface area contributed by atoms with Gasteiger partial charge in [-0.3, -0.25) is 9.10 Å². The standard InChI is InChI=1S/C22H23Cl2FN2O3S/c1-13(22(28)26-20-11-14-2-3-15(20)10-14)27(21-12-17(24)6-9-19(21)25)31(29,30)18-7-4-16(23)5-8-18/h4-9,12-15,20H,2-3,10-11H2,1H3,(H,26,28)/t13-,14?,15?,20-/m1/s1. The van der Waals surface area contributed by atoms with E-state index < -0.39 is 27.8 Å². The van der Waals surface area contributed by atoms with Crippen molar-refractivity contribution < 1.29 is 17.6 Å². The van der Waals surface area contributed by atoms with Crippen molar-refractivity contribution in [1.29, 1.82) is 0 Å². The van der Waals surface area contributed by atoms with Crippen molar-refractivity contribution in [1.82, 2.24) is 5.32 Å². The van der Waals surface area contributed by atoms with Crippen molar-refractivity contribution in [2.45, 2.75) is 49.6 Å². The molecule has 1 amide bonds. The van der Waals surface area contributed by atoms with Crippen LogP contribution in [0.4, 0.5) is 10.1 Å². The Morgan fingerprint density at radius 3 is 2.39 bits per heavy atom. The van der Waals surface area contributed by atoms with Gasteiger partial charge in [-0.2, -0.15) is 0 Å². The van der Waals surface area contributed by atoms with Gasteiger partial charge in [0.05, 0.1) is 10.6 Å². The topological polar surface area (TPSA) is 66.5 Å². The molecule has 2 aliphatic rings. The second-order valence-corrected chi connectivity index (χ2v) is 11.0. The van der Waals surface area contributed by atoms with Gasteiger partial charge < -0.3 is 5.32 Å². The van der Waals surface area contributed by atoms with E-state index in [2.05, 4.69) is 5.32 Å². The van der Waals surface area contributed by atoms with Crippen LogP contribution < -0.4 is 9.62 Å². The number of rotatable bonds is 6. The lowest BCUT2D eigenvalue weighted by molar-refractivity contribution is -0.122. The molecule has 0 aliphatic heterocycles. The molecular weight excluding hydrogens is 462 g/mol. The molecule has 0 saturated heterocycles. The molecule has 4 rings (SSSR count). The van der Waals surface area contributed by atoms with Gasteiger partial charge in [0.2, 0.25) is 5.91 Å². The number of anilines is 1. The first-order valence-corrected chi connectivity index (χ1v) is 12.4. The average Bonchev–Trinajstić information content (AvgIpc) is 3.34. The summed E-state index contributed by atoms with van der Waals surface area (Å²) in [6, 6.07) is 7.98. The molecule has 5 nitrogen and oxygen atoms in total. The minimum atomic E-state index is -4.28. The molecule has 9 heteroatoms. The Labute approximate surface area is 191 Å². The van der Waals surface area contributed by atoms with Crippen LogP contribution >= 0.6 is 23.2 Å². The lowest BCUT2D eigenvalue weighted by atomic mass is 9.95. The molecule has 1 N–H and O–H groups in total. The Kier molecular flexibility index (Phi) is 6.21. The summed E-state index contributed by atoms with van der Waals surface area (Å²) >= 11 is 11.9. The smallest absolute Gasteiger partial charge is 0.265 e. The van der Waals surface area contributed by atoms with E-state index >= 15 is 0 Å². The van der Waals surface area contributed by atoms with Gasteiger partial charge in [0, 0.05) is 16.1 Å². The molecule has 2 aromatic carbocycles. The van der Waals surface area contributed by atoms with E-state index in [4.69, 9.17) is 23.2 Å². The summed E-state index contributed by atoms with van der Waals surface area (Å²) in [6.07, 6.45) is 4.24. The van der Waals surface area contributed by atoms with Crippen LogP contribution in [0, 0.1) is 17.7 Å². The Bertz CT molecular complexity index is 1090. The summed E-state index contributed by atoms with van der Waals surface area (Å²) < 4.78 is 42.6. The maximum Gasteiger partial charge on any atom is 0.265 e. The van der Waals surface area contributed by atoms with E-state index in [0.29, 0.717) is 16.9 Å². The van der Waals surface area contributed by atoms with E-state index in [1.165, 1.54) is 49.7 Å². The number of nitrogens with one attached hydrogen (secondary N) is 1. The van der Waals surface area contributed by atoms with Gasteiger partial charge in [-0.15, -0.1) is 0 Å². The zero-order valence-corrected chi connectivity index (χ0v) is 19.2. The van der Waals surface area contributed by atoms with Crippen molar-refractivity contribution in [3.8, 4) is 0 Å². The number of halogens is 3. The van der Waals surface area contributed by atoms with Gasteiger partial charge in [0.25, 0.3) is 10.0 Å². The normalized spacial score (nSPS) is 23.5. The number of carbonyl (C=O) groups is 1. The van der Waals surface area contributed by atoms with Crippen LogP contribution in [-0.4, -0.2) is 26.4 Å². The Hall–Kier alpha value is -1.83. The molecule has 2 aromatic rings. The predicted molar refractivity (Wildman–Crippen MR) is 119 cm³/mol. The molecule has 0 spiro atoms.